The van der Waals surface area contributed by atoms with E-state index in [1.807, 2.05) is 12.1 Å². The molecule has 0 amide bonds. The normalized spacial score (nSPS) is 17.9. The molecule has 1 saturated carbocycles. The Kier molecular flexibility index (Phi) is 3.72. The molecule has 4 heteroatoms. The summed E-state index contributed by atoms with van der Waals surface area (Å²) in [5.74, 6) is 0.988. The van der Waals surface area contributed by atoms with Crippen LogP contribution in [0, 0.1) is 0 Å². The SMILES string of the molecule is CS(=O)(=O)Oc1cccc(C2CCCCC2)c1. The van der Waals surface area contributed by atoms with E-state index in [9.17, 15) is 8.42 Å². The molecular weight excluding hydrogens is 236 g/mol. The minimum atomic E-state index is -3.42. The fraction of sp³-hybridized carbons (Fsp3) is 0.538. The van der Waals surface area contributed by atoms with Gasteiger partial charge in [-0.3, -0.25) is 0 Å². The molecule has 0 heterocycles. The molecule has 0 bridgehead atoms. The van der Waals surface area contributed by atoms with Gasteiger partial charge in [0.1, 0.15) is 5.75 Å². The van der Waals surface area contributed by atoms with Gasteiger partial charge in [-0.1, -0.05) is 31.4 Å². The van der Waals surface area contributed by atoms with Crippen LogP contribution >= 0.6 is 0 Å². The summed E-state index contributed by atoms with van der Waals surface area (Å²) in [5.41, 5.74) is 1.20. The fourth-order valence-electron chi connectivity index (χ4n) is 2.43. The molecule has 0 saturated heterocycles. The number of rotatable bonds is 3. The van der Waals surface area contributed by atoms with Gasteiger partial charge >= 0.3 is 10.1 Å². The van der Waals surface area contributed by atoms with Crippen molar-refractivity contribution in [3.63, 3.8) is 0 Å². The molecule has 0 N–H and O–H groups in total. The number of hydrogen-bond donors (Lipinski definition) is 0. The zero-order valence-electron chi connectivity index (χ0n) is 10.1. The lowest BCUT2D eigenvalue weighted by molar-refractivity contribution is 0.441. The predicted octanol–water partition coefficient (Wildman–Crippen LogP) is 3.07. The average molecular weight is 254 g/mol. The Hall–Kier alpha value is -1.03. The zero-order chi connectivity index (χ0) is 12.3. The van der Waals surface area contributed by atoms with E-state index in [0.717, 1.165) is 6.26 Å². The van der Waals surface area contributed by atoms with Gasteiger partial charge < -0.3 is 4.18 Å². The highest BCUT2D eigenvalue weighted by atomic mass is 32.2. The van der Waals surface area contributed by atoms with Crippen LogP contribution < -0.4 is 4.18 Å². The van der Waals surface area contributed by atoms with E-state index < -0.39 is 10.1 Å². The van der Waals surface area contributed by atoms with Gasteiger partial charge in [0.15, 0.2) is 0 Å². The third-order valence-corrected chi connectivity index (χ3v) is 3.68. The van der Waals surface area contributed by atoms with Crippen LogP contribution in [0.4, 0.5) is 0 Å². The molecule has 1 aromatic carbocycles. The van der Waals surface area contributed by atoms with Crippen molar-refractivity contribution >= 4 is 10.1 Å². The smallest absolute Gasteiger partial charge is 0.306 e. The summed E-state index contributed by atoms with van der Waals surface area (Å²) in [4.78, 5) is 0. The zero-order valence-corrected chi connectivity index (χ0v) is 10.9. The summed E-state index contributed by atoms with van der Waals surface area (Å²) in [6.45, 7) is 0. The van der Waals surface area contributed by atoms with E-state index in [2.05, 4.69) is 6.07 Å². The molecule has 94 valence electrons. The lowest BCUT2D eigenvalue weighted by Crippen LogP contribution is -2.07. The van der Waals surface area contributed by atoms with Crippen molar-refractivity contribution in [1.82, 2.24) is 0 Å². The molecule has 0 spiro atoms. The number of benzene rings is 1. The van der Waals surface area contributed by atoms with Crippen molar-refractivity contribution in [3.05, 3.63) is 29.8 Å². The van der Waals surface area contributed by atoms with Crippen LogP contribution in [0.5, 0.6) is 5.75 Å². The summed E-state index contributed by atoms with van der Waals surface area (Å²) >= 11 is 0. The quantitative estimate of drug-likeness (QED) is 0.779. The van der Waals surface area contributed by atoms with Gasteiger partial charge in [-0.15, -0.1) is 0 Å². The van der Waals surface area contributed by atoms with Gasteiger partial charge in [0.05, 0.1) is 6.26 Å². The molecule has 2 rings (SSSR count). The van der Waals surface area contributed by atoms with Crippen molar-refractivity contribution in [2.45, 2.75) is 38.0 Å². The predicted molar refractivity (Wildman–Crippen MR) is 67.7 cm³/mol. The van der Waals surface area contributed by atoms with Crippen LogP contribution in [0.15, 0.2) is 24.3 Å². The Morgan fingerprint density at radius 3 is 2.53 bits per heavy atom. The van der Waals surface area contributed by atoms with E-state index in [4.69, 9.17) is 4.18 Å². The maximum absolute atomic E-state index is 11.1. The molecule has 0 atom stereocenters. The third-order valence-electron chi connectivity index (χ3n) is 3.18. The maximum atomic E-state index is 11.1. The van der Waals surface area contributed by atoms with Crippen molar-refractivity contribution in [3.8, 4) is 5.75 Å². The highest BCUT2D eigenvalue weighted by molar-refractivity contribution is 7.86. The first-order valence-corrected chi connectivity index (χ1v) is 7.86. The maximum Gasteiger partial charge on any atom is 0.306 e. The molecule has 1 aliphatic carbocycles. The third kappa shape index (κ3) is 3.73. The molecule has 0 aromatic heterocycles. The van der Waals surface area contributed by atoms with Crippen molar-refractivity contribution in [1.29, 1.82) is 0 Å². The number of hydrogen-bond acceptors (Lipinski definition) is 3. The highest BCUT2D eigenvalue weighted by Crippen LogP contribution is 2.33. The second-order valence-electron chi connectivity index (χ2n) is 4.69. The van der Waals surface area contributed by atoms with Gasteiger partial charge in [0.2, 0.25) is 0 Å². The monoisotopic (exact) mass is 254 g/mol. The lowest BCUT2D eigenvalue weighted by Gasteiger charge is -2.22. The van der Waals surface area contributed by atoms with Crippen molar-refractivity contribution in [2.24, 2.45) is 0 Å². The topological polar surface area (TPSA) is 43.4 Å². The Morgan fingerprint density at radius 2 is 1.88 bits per heavy atom. The summed E-state index contributed by atoms with van der Waals surface area (Å²) in [6, 6.07) is 7.47. The molecule has 1 fully saturated rings. The standard InChI is InChI=1S/C13H18O3S/c1-17(14,15)16-13-9-5-8-12(10-13)11-6-3-2-4-7-11/h5,8-11H,2-4,6-7H2,1H3. The van der Waals surface area contributed by atoms with Gasteiger partial charge in [-0.25, -0.2) is 0 Å². The average Bonchev–Trinajstić information content (AvgIpc) is 2.28. The van der Waals surface area contributed by atoms with Crippen molar-refractivity contribution < 1.29 is 12.6 Å². The molecule has 0 unspecified atom stereocenters. The summed E-state index contributed by atoms with van der Waals surface area (Å²) in [7, 11) is -3.42. The van der Waals surface area contributed by atoms with Crippen LogP contribution in [0.3, 0.4) is 0 Å². The Morgan fingerprint density at radius 1 is 1.18 bits per heavy atom. The van der Waals surface area contributed by atoms with Crippen LogP contribution in [0.1, 0.15) is 43.6 Å². The van der Waals surface area contributed by atoms with Crippen molar-refractivity contribution in [2.75, 3.05) is 6.26 Å². The van der Waals surface area contributed by atoms with E-state index in [-0.39, 0.29) is 0 Å². The summed E-state index contributed by atoms with van der Waals surface area (Å²) in [6.07, 6.45) is 7.31. The van der Waals surface area contributed by atoms with Crippen LogP contribution in [-0.2, 0) is 10.1 Å². The molecule has 0 radical (unpaired) electrons. The Bertz CT molecular complexity index is 473. The van der Waals surface area contributed by atoms with Gasteiger partial charge in [0.25, 0.3) is 0 Å². The van der Waals surface area contributed by atoms with E-state index >= 15 is 0 Å². The summed E-state index contributed by atoms with van der Waals surface area (Å²) < 4.78 is 27.0. The first kappa shape index (κ1) is 12.4. The highest BCUT2D eigenvalue weighted by Gasteiger charge is 2.16. The first-order chi connectivity index (χ1) is 8.04. The van der Waals surface area contributed by atoms with E-state index in [1.165, 1.54) is 37.7 Å². The second-order valence-corrected chi connectivity index (χ2v) is 6.27. The van der Waals surface area contributed by atoms with E-state index in [0.29, 0.717) is 11.7 Å². The molecule has 3 nitrogen and oxygen atoms in total. The van der Waals surface area contributed by atoms with Gasteiger partial charge in [-0.05, 0) is 36.5 Å². The molecule has 0 aliphatic heterocycles. The fourth-order valence-corrected chi connectivity index (χ4v) is 2.88. The molecule has 17 heavy (non-hydrogen) atoms. The van der Waals surface area contributed by atoms with Gasteiger partial charge in [0, 0.05) is 0 Å². The van der Waals surface area contributed by atoms with Gasteiger partial charge in [-0.2, -0.15) is 8.42 Å². The summed E-state index contributed by atoms with van der Waals surface area (Å²) in [5, 5.41) is 0. The van der Waals surface area contributed by atoms with E-state index in [1.54, 1.807) is 6.07 Å². The van der Waals surface area contributed by atoms with Crippen LogP contribution in [-0.4, -0.2) is 14.7 Å². The second kappa shape index (κ2) is 5.08. The first-order valence-electron chi connectivity index (χ1n) is 6.04. The molecule has 1 aromatic rings. The minimum absolute atomic E-state index is 0.426. The Balaban J connectivity index is 2.16. The van der Waals surface area contributed by atoms with Crippen LogP contribution in [0.25, 0.3) is 0 Å². The lowest BCUT2D eigenvalue weighted by atomic mass is 9.84. The van der Waals surface area contributed by atoms with Crippen LogP contribution in [0.2, 0.25) is 0 Å². The molecular formula is C13H18O3S. The Labute approximate surface area is 103 Å². The minimum Gasteiger partial charge on any atom is -0.383 e. The largest absolute Gasteiger partial charge is 0.383 e. The molecule has 1 aliphatic rings.